The highest BCUT2D eigenvalue weighted by Crippen LogP contribution is 2.35. The minimum atomic E-state index is -0.640. The summed E-state index contributed by atoms with van der Waals surface area (Å²) in [6.45, 7) is 0.553. The smallest absolute Gasteiger partial charge is 0.109 e. The zero-order valence-corrected chi connectivity index (χ0v) is 11.0. The predicted octanol–water partition coefficient (Wildman–Crippen LogP) is 3.53. The van der Waals surface area contributed by atoms with Gasteiger partial charge < -0.3 is 4.74 Å². The fourth-order valence-corrected chi connectivity index (χ4v) is 2.34. The van der Waals surface area contributed by atoms with Crippen molar-refractivity contribution in [3.8, 4) is 6.07 Å². The molecule has 0 heterocycles. The molecule has 0 saturated carbocycles. The molecule has 0 bridgehead atoms. The van der Waals surface area contributed by atoms with Crippen LogP contribution in [-0.2, 0) is 10.2 Å². The Labute approximate surface area is 114 Å². The molecule has 2 nitrogen and oxygen atoms in total. The van der Waals surface area contributed by atoms with E-state index < -0.39 is 5.41 Å². The molecule has 19 heavy (non-hydrogen) atoms. The van der Waals surface area contributed by atoms with E-state index in [1.54, 1.807) is 7.11 Å². The van der Waals surface area contributed by atoms with Gasteiger partial charge in [-0.2, -0.15) is 5.26 Å². The molecule has 0 amide bonds. The van der Waals surface area contributed by atoms with Crippen molar-refractivity contribution >= 4 is 0 Å². The molecule has 0 radical (unpaired) electrons. The fraction of sp³-hybridized carbons (Fsp3) is 0.235. The molecule has 2 aromatic carbocycles. The first kappa shape index (κ1) is 13.3. The maximum absolute atomic E-state index is 9.80. The lowest BCUT2D eigenvalue weighted by Gasteiger charge is -2.27. The van der Waals surface area contributed by atoms with Gasteiger partial charge in [0.25, 0.3) is 0 Å². The second-order valence-corrected chi connectivity index (χ2v) is 4.49. The average Bonchev–Trinajstić information content (AvgIpc) is 2.51. The standard InChI is InChI=1S/C17H17NO/c1-19-13-12-17(14-18,15-8-4-2-5-9-15)16-10-6-3-7-11-16/h2-11H,12-13H2,1H3. The van der Waals surface area contributed by atoms with Crippen LogP contribution in [0.25, 0.3) is 0 Å². The molecular formula is C17H17NO. The lowest BCUT2D eigenvalue weighted by molar-refractivity contribution is 0.183. The molecule has 2 rings (SSSR count). The summed E-state index contributed by atoms with van der Waals surface area (Å²) in [5.41, 5.74) is 1.39. The number of benzene rings is 2. The van der Waals surface area contributed by atoms with E-state index in [0.29, 0.717) is 13.0 Å². The molecule has 2 aromatic rings. The van der Waals surface area contributed by atoms with Crippen molar-refractivity contribution in [1.29, 1.82) is 5.26 Å². The van der Waals surface area contributed by atoms with Crippen molar-refractivity contribution in [2.45, 2.75) is 11.8 Å². The van der Waals surface area contributed by atoms with Gasteiger partial charge in [0.15, 0.2) is 0 Å². The van der Waals surface area contributed by atoms with Crippen LogP contribution in [0.3, 0.4) is 0 Å². The minimum absolute atomic E-state index is 0.553. The first-order valence-corrected chi connectivity index (χ1v) is 6.35. The third kappa shape index (κ3) is 2.67. The van der Waals surface area contributed by atoms with Gasteiger partial charge in [0.2, 0.25) is 0 Å². The van der Waals surface area contributed by atoms with Crippen LogP contribution >= 0.6 is 0 Å². The summed E-state index contributed by atoms with van der Waals surface area (Å²) in [4.78, 5) is 0. The van der Waals surface area contributed by atoms with Gasteiger partial charge in [-0.3, -0.25) is 0 Å². The Kier molecular flexibility index (Phi) is 4.33. The molecule has 0 spiro atoms. The Hall–Kier alpha value is -2.11. The van der Waals surface area contributed by atoms with Gasteiger partial charge in [-0.1, -0.05) is 60.7 Å². The molecule has 0 atom stereocenters. The molecular weight excluding hydrogens is 234 g/mol. The van der Waals surface area contributed by atoms with Gasteiger partial charge in [0.1, 0.15) is 5.41 Å². The number of ether oxygens (including phenoxy) is 1. The third-order valence-electron chi connectivity index (χ3n) is 3.41. The second-order valence-electron chi connectivity index (χ2n) is 4.49. The molecule has 0 N–H and O–H groups in total. The van der Waals surface area contributed by atoms with Crippen molar-refractivity contribution in [3.05, 3.63) is 71.8 Å². The normalized spacial score (nSPS) is 10.9. The summed E-state index contributed by atoms with van der Waals surface area (Å²) in [5.74, 6) is 0. The first-order chi connectivity index (χ1) is 9.33. The number of hydrogen-bond acceptors (Lipinski definition) is 2. The topological polar surface area (TPSA) is 33.0 Å². The summed E-state index contributed by atoms with van der Waals surface area (Å²) in [6.07, 6.45) is 0.647. The van der Waals surface area contributed by atoms with E-state index in [1.165, 1.54) is 0 Å². The summed E-state index contributed by atoms with van der Waals surface area (Å²) in [7, 11) is 1.66. The lowest BCUT2D eigenvalue weighted by Crippen LogP contribution is -2.27. The largest absolute Gasteiger partial charge is 0.385 e. The number of nitriles is 1. The molecule has 2 heteroatoms. The van der Waals surface area contributed by atoms with Gasteiger partial charge in [-0.15, -0.1) is 0 Å². The second kappa shape index (κ2) is 6.17. The molecule has 0 fully saturated rings. The van der Waals surface area contributed by atoms with Crippen LogP contribution in [0.4, 0.5) is 0 Å². The highest BCUT2D eigenvalue weighted by atomic mass is 16.5. The van der Waals surface area contributed by atoms with E-state index in [4.69, 9.17) is 4.74 Å². The van der Waals surface area contributed by atoms with Crippen LogP contribution < -0.4 is 0 Å². The minimum Gasteiger partial charge on any atom is -0.385 e. The van der Waals surface area contributed by atoms with E-state index in [1.807, 2.05) is 60.7 Å². The van der Waals surface area contributed by atoms with Crippen LogP contribution in [0.5, 0.6) is 0 Å². The van der Waals surface area contributed by atoms with Crippen molar-refractivity contribution < 1.29 is 4.74 Å². The molecule has 0 aromatic heterocycles. The fourth-order valence-electron chi connectivity index (χ4n) is 2.34. The lowest BCUT2D eigenvalue weighted by atomic mass is 9.73. The first-order valence-electron chi connectivity index (χ1n) is 6.35. The van der Waals surface area contributed by atoms with Gasteiger partial charge in [-0.25, -0.2) is 0 Å². The molecule has 0 saturated heterocycles. The Bertz CT molecular complexity index is 503. The molecule has 0 aliphatic carbocycles. The van der Waals surface area contributed by atoms with Crippen LogP contribution in [-0.4, -0.2) is 13.7 Å². The Morgan fingerprint density at radius 3 is 1.79 bits per heavy atom. The van der Waals surface area contributed by atoms with E-state index in [9.17, 15) is 5.26 Å². The number of hydrogen-bond donors (Lipinski definition) is 0. The monoisotopic (exact) mass is 251 g/mol. The van der Waals surface area contributed by atoms with Crippen LogP contribution in [0, 0.1) is 11.3 Å². The zero-order valence-electron chi connectivity index (χ0n) is 11.0. The zero-order chi connectivity index (χ0) is 13.6. The van der Waals surface area contributed by atoms with Gasteiger partial charge in [0.05, 0.1) is 6.07 Å². The highest BCUT2D eigenvalue weighted by Gasteiger charge is 2.33. The van der Waals surface area contributed by atoms with Gasteiger partial charge >= 0.3 is 0 Å². The number of rotatable bonds is 5. The van der Waals surface area contributed by atoms with Crippen molar-refractivity contribution in [3.63, 3.8) is 0 Å². The van der Waals surface area contributed by atoms with Crippen molar-refractivity contribution in [1.82, 2.24) is 0 Å². The quantitative estimate of drug-likeness (QED) is 0.814. The Morgan fingerprint density at radius 1 is 0.947 bits per heavy atom. The molecule has 0 aliphatic heterocycles. The summed E-state index contributed by atoms with van der Waals surface area (Å²) >= 11 is 0. The number of methoxy groups -OCH3 is 1. The Balaban J connectivity index is 2.53. The molecule has 0 unspecified atom stereocenters. The van der Waals surface area contributed by atoms with Gasteiger partial charge in [-0.05, 0) is 17.5 Å². The van der Waals surface area contributed by atoms with Crippen LogP contribution in [0.15, 0.2) is 60.7 Å². The maximum atomic E-state index is 9.80. The van der Waals surface area contributed by atoms with E-state index in [0.717, 1.165) is 11.1 Å². The summed E-state index contributed by atoms with van der Waals surface area (Å²) in [6, 6.07) is 22.3. The van der Waals surface area contributed by atoms with Crippen molar-refractivity contribution in [2.24, 2.45) is 0 Å². The molecule has 96 valence electrons. The third-order valence-corrected chi connectivity index (χ3v) is 3.41. The summed E-state index contributed by atoms with van der Waals surface area (Å²) in [5, 5.41) is 9.80. The SMILES string of the molecule is COCCC(C#N)(c1ccccc1)c1ccccc1. The maximum Gasteiger partial charge on any atom is 0.109 e. The van der Waals surface area contributed by atoms with E-state index in [2.05, 4.69) is 6.07 Å². The predicted molar refractivity (Wildman–Crippen MR) is 75.8 cm³/mol. The van der Waals surface area contributed by atoms with Crippen molar-refractivity contribution in [2.75, 3.05) is 13.7 Å². The Morgan fingerprint density at radius 2 is 1.42 bits per heavy atom. The summed E-state index contributed by atoms with van der Waals surface area (Å²) < 4.78 is 5.19. The number of nitrogens with zero attached hydrogens (tertiary/aromatic N) is 1. The highest BCUT2D eigenvalue weighted by molar-refractivity contribution is 5.45. The van der Waals surface area contributed by atoms with E-state index >= 15 is 0 Å². The van der Waals surface area contributed by atoms with E-state index in [-0.39, 0.29) is 0 Å². The van der Waals surface area contributed by atoms with Crippen LogP contribution in [0.2, 0.25) is 0 Å². The van der Waals surface area contributed by atoms with Gasteiger partial charge in [0, 0.05) is 13.7 Å². The van der Waals surface area contributed by atoms with Crippen LogP contribution in [0.1, 0.15) is 17.5 Å². The average molecular weight is 251 g/mol. The molecule has 0 aliphatic rings.